The van der Waals surface area contributed by atoms with Gasteiger partial charge in [-0.15, -0.1) is 0 Å². The number of rotatable bonds is 2. The summed E-state index contributed by atoms with van der Waals surface area (Å²) in [6, 6.07) is 3.75. The molecular formula is C15H18F3NO2. The second-order valence-electron chi connectivity index (χ2n) is 5.72. The number of halogens is 3. The lowest BCUT2D eigenvalue weighted by molar-refractivity contribution is -0.137. The van der Waals surface area contributed by atoms with E-state index in [0.29, 0.717) is 38.0 Å². The van der Waals surface area contributed by atoms with Gasteiger partial charge in [0.2, 0.25) is 0 Å². The van der Waals surface area contributed by atoms with Crippen LogP contribution in [0.4, 0.5) is 18.9 Å². The molecule has 1 aromatic carbocycles. The van der Waals surface area contributed by atoms with Crippen LogP contribution in [0.3, 0.4) is 0 Å². The van der Waals surface area contributed by atoms with Crippen molar-refractivity contribution in [2.24, 2.45) is 0 Å². The second kappa shape index (κ2) is 5.67. The predicted molar refractivity (Wildman–Crippen MR) is 73.5 cm³/mol. The van der Waals surface area contributed by atoms with Crippen LogP contribution in [0, 0.1) is 0 Å². The van der Waals surface area contributed by atoms with Gasteiger partial charge in [0.25, 0.3) is 0 Å². The number of carbonyl (C=O) groups excluding carboxylic acids is 1. The molecule has 0 aromatic heterocycles. The average molecular weight is 301 g/mol. The average Bonchev–Trinajstić information content (AvgIpc) is 2.58. The lowest BCUT2D eigenvalue weighted by Gasteiger charge is -2.25. The van der Waals surface area contributed by atoms with E-state index in [1.165, 1.54) is 12.1 Å². The van der Waals surface area contributed by atoms with Gasteiger partial charge in [-0.1, -0.05) is 0 Å². The van der Waals surface area contributed by atoms with Gasteiger partial charge in [-0.05, 0) is 44.4 Å². The molecule has 0 amide bonds. The first kappa shape index (κ1) is 15.8. The Morgan fingerprint density at radius 1 is 1.29 bits per heavy atom. The maximum atomic E-state index is 13.0. The Morgan fingerprint density at radius 2 is 2.00 bits per heavy atom. The quantitative estimate of drug-likeness (QED) is 0.852. The fraction of sp³-hybridized carbons (Fsp3) is 0.533. The van der Waals surface area contributed by atoms with Crippen molar-refractivity contribution in [3.05, 3.63) is 29.3 Å². The molecule has 0 bridgehead atoms. The van der Waals surface area contributed by atoms with Gasteiger partial charge in [0.05, 0.1) is 11.2 Å². The zero-order valence-corrected chi connectivity index (χ0v) is 11.8. The van der Waals surface area contributed by atoms with Crippen LogP contribution in [0.15, 0.2) is 18.2 Å². The summed E-state index contributed by atoms with van der Waals surface area (Å²) in [5, 5.41) is 10.0. The van der Waals surface area contributed by atoms with E-state index in [4.69, 9.17) is 0 Å². The Balaban J connectivity index is 2.30. The molecule has 6 heteroatoms. The van der Waals surface area contributed by atoms with Gasteiger partial charge >= 0.3 is 6.18 Å². The van der Waals surface area contributed by atoms with Gasteiger partial charge in [-0.25, -0.2) is 0 Å². The molecule has 1 heterocycles. The number of aldehydes is 1. The van der Waals surface area contributed by atoms with Crippen LogP contribution in [0.2, 0.25) is 0 Å². The lowest BCUT2D eigenvalue weighted by atomic mass is 9.98. The monoisotopic (exact) mass is 301 g/mol. The number of hydrogen-bond donors (Lipinski definition) is 1. The molecular weight excluding hydrogens is 283 g/mol. The number of aliphatic hydroxyl groups is 1. The molecule has 1 aliphatic rings. The molecule has 1 aromatic rings. The van der Waals surface area contributed by atoms with Gasteiger partial charge in [-0.2, -0.15) is 13.2 Å². The van der Waals surface area contributed by atoms with Crippen molar-refractivity contribution in [2.75, 3.05) is 18.0 Å². The van der Waals surface area contributed by atoms with Gasteiger partial charge < -0.3 is 10.0 Å². The van der Waals surface area contributed by atoms with Gasteiger partial charge in [0.15, 0.2) is 6.29 Å². The van der Waals surface area contributed by atoms with E-state index in [9.17, 15) is 23.1 Å². The summed E-state index contributed by atoms with van der Waals surface area (Å²) < 4.78 is 38.9. The molecule has 3 nitrogen and oxygen atoms in total. The largest absolute Gasteiger partial charge is 0.417 e. The Kier molecular flexibility index (Phi) is 4.27. The van der Waals surface area contributed by atoms with Crippen molar-refractivity contribution in [3.63, 3.8) is 0 Å². The third-order valence-electron chi connectivity index (χ3n) is 3.90. The van der Waals surface area contributed by atoms with Crippen molar-refractivity contribution in [1.82, 2.24) is 0 Å². The molecule has 1 N–H and O–H groups in total. The molecule has 1 aliphatic heterocycles. The van der Waals surface area contributed by atoms with Crippen LogP contribution in [-0.2, 0) is 6.18 Å². The second-order valence-corrected chi connectivity index (χ2v) is 5.72. The standard InChI is InChI=1S/C15H18F3NO2/c1-14(21)5-2-7-19(8-6-14)12-4-3-11(10-20)13(9-12)15(16,17)18/h3-4,9-10,21H,2,5-8H2,1H3. The Hall–Kier alpha value is -1.56. The number of carbonyl (C=O) groups is 1. The molecule has 1 atom stereocenters. The molecule has 2 rings (SSSR count). The Morgan fingerprint density at radius 3 is 2.62 bits per heavy atom. The van der Waals surface area contributed by atoms with E-state index in [0.717, 1.165) is 6.07 Å². The van der Waals surface area contributed by atoms with E-state index in [2.05, 4.69) is 0 Å². The number of nitrogens with zero attached hydrogens (tertiary/aromatic N) is 1. The molecule has 1 saturated heterocycles. The molecule has 0 radical (unpaired) electrons. The summed E-state index contributed by atoms with van der Waals surface area (Å²) in [6.45, 7) is 2.83. The van der Waals surface area contributed by atoms with E-state index >= 15 is 0 Å². The Bertz CT molecular complexity index is 526. The van der Waals surface area contributed by atoms with Crippen molar-refractivity contribution in [1.29, 1.82) is 0 Å². The smallest absolute Gasteiger partial charge is 0.390 e. The van der Waals surface area contributed by atoms with Gasteiger partial charge in [-0.3, -0.25) is 4.79 Å². The van der Waals surface area contributed by atoms with Crippen LogP contribution in [0.25, 0.3) is 0 Å². The fourth-order valence-corrected chi connectivity index (χ4v) is 2.61. The maximum absolute atomic E-state index is 13.0. The van der Waals surface area contributed by atoms with E-state index in [1.54, 1.807) is 6.92 Å². The first-order valence-electron chi connectivity index (χ1n) is 6.87. The minimum Gasteiger partial charge on any atom is -0.390 e. The highest BCUT2D eigenvalue weighted by Gasteiger charge is 2.34. The highest BCUT2D eigenvalue weighted by Crippen LogP contribution is 2.35. The van der Waals surface area contributed by atoms with E-state index < -0.39 is 17.3 Å². The van der Waals surface area contributed by atoms with Gasteiger partial charge in [0, 0.05) is 24.3 Å². The van der Waals surface area contributed by atoms with E-state index in [-0.39, 0.29) is 11.8 Å². The van der Waals surface area contributed by atoms with Crippen molar-refractivity contribution < 1.29 is 23.1 Å². The van der Waals surface area contributed by atoms with Crippen LogP contribution in [0.1, 0.15) is 42.1 Å². The van der Waals surface area contributed by atoms with Crippen molar-refractivity contribution >= 4 is 12.0 Å². The highest BCUT2D eigenvalue weighted by atomic mass is 19.4. The summed E-state index contributed by atoms with van der Waals surface area (Å²) >= 11 is 0. The molecule has 116 valence electrons. The summed E-state index contributed by atoms with van der Waals surface area (Å²) in [5.41, 5.74) is -1.60. The summed E-state index contributed by atoms with van der Waals surface area (Å²) in [6.07, 6.45) is -2.49. The molecule has 0 aliphatic carbocycles. The fourth-order valence-electron chi connectivity index (χ4n) is 2.61. The SMILES string of the molecule is CC1(O)CCCN(c2ccc(C=O)c(C(F)(F)F)c2)CC1. The molecule has 0 spiro atoms. The molecule has 21 heavy (non-hydrogen) atoms. The maximum Gasteiger partial charge on any atom is 0.417 e. The van der Waals surface area contributed by atoms with Crippen LogP contribution >= 0.6 is 0 Å². The Labute approximate surface area is 121 Å². The predicted octanol–water partition coefficient (Wildman–Crippen LogP) is 3.26. The summed E-state index contributed by atoms with van der Waals surface area (Å²) in [4.78, 5) is 12.6. The number of hydrogen-bond acceptors (Lipinski definition) is 3. The first-order chi connectivity index (χ1) is 9.73. The normalized spacial score (nSPS) is 23.8. The third-order valence-corrected chi connectivity index (χ3v) is 3.90. The van der Waals surface area contributed by atoms with E-state index in [1.807, 2.05) is 4.90 Å². The van der Waals surface area contributed by atoms with Crippen molar-refractivity contribution in [3.8, 4) is 0 Å². The van der Waals surface area contributed by atoms with Crippen LogP contribution < -0.4 is 4.90 Å². The topological polar surface area (TPSA) is 40.5 Å². The third kappa shape index (κ3) is 3.75. The molecule has 0 saturated carbocycles. The molecule has 1 fully saturated rings. The van der Waals surface area contributed by atoms with Crippen LogP contribution in [-0.4, -0.2) is 30.1 Å². The number of alkyl halides is 3. The van der Waals surface area contributed by atoms with Gasteiger partial charge in [0.1, 0.15) is 0 Å². The lowest BCUT2D eigenvalue weighted by Crippen LogP contribution is -2.28. The minimum atomic E-state index is -4.55. The van der Waals surface area contributed by atoms with Crippen LogP contribution in [0.5, 0.6) is 0 Å². The number of benzene rings is 1. The molecule has 1 unspecified atom stereocenters. The number of anilines is 1. The zero-order valence-electron chi connectivity index (χ0n) is 11.8. The summed E-state index contributed by atoms with van der Waals surface area (Å²) in [5.74, 6) is 0. The first-order valence-corrected chi connectivity index (χ1v) is 6.87. The van der Waals surface area contributed by atoms with Crippen molar-refractivity contribution in [2.45, 2.75) is 38.0 Å². The zero-order chi connectivity index (χ0) is 15.7. The summed E-state index contributed by atoms with van der Waals surface area (Å²) in [7, 11) is 0. The highest BCUT2D eigenvalue weighted by molar-refractivity contribution is 5.79. The minimum absolute atomic E-state index is 0.222.